The van der Waals surface area contributed by atoms with Gasteiger partial charge in [-0.15, -0.1) is 28.1 Å². The highest BCUT2D eigenvalue weighted by atomic mass is 32.2. The van der Waals surface area contributed by atoms with Gasteiger partial charge in [-0.25, -0.2) is 14.8 Å². The number of oxime groups is 1. The Balaban J connectivity index is 1.35. The number of methoxy groups -OCH3 is 1. The standard InChI is InChI=1S/C39H40N6O9S2/c1-6-53-43-30(18-32(47)54-39(2,3)4)35(48)42-33-36(49)45-34(38(50)52-20-24-7-9-28(51-5)10-8-24)27(22-56-37(33)45)19-44-15-13-25(14-16-44)26-17-29(55-21-26)11-12-31(46)41-23-40/h7-17,21,33,37,40H,6,18-20,22H2,1-5H3/p+1/b12-11+,43-30?. The minimum absolute atomic E-state index is 0.0504. The molecule has 2 aliphatic heterocycles. The summed E-state index contributed by atoms with van der Waals surface area (Å²) in [5.74, 6) is -2.24. The first kappa shape index (κ1) is 41.3. The molecule has 15 nitrogen and oxygen atoms in total. The predicted octanol–water partition coefficient (Wildman–Crippen LogP) is 4.53. The minimum atomic E-state index is -1.01. The van der Waals surface area contributed by atoms with Crippen LogP contribution in [0, 0.1) is 5.41 Å². The summed E-state index contributed by atoms with van der Waals surface area (Å²) in [5, 5.41) is 14.6. The molecule has 1 fully saturated rings. The maximum atomic E-state index is 13.9. The van der Waals surface area contributed by atoms with E-state index < -0.39 is 53.1 Å². The number of carbonyl (C=O) groups is 5. The molecule has 17 heteroatoms. The lowest BCUT2D eigenvalue weighted by atomic mass is 10.0. The first-order chi connectivity index (χ1) is 26.8. The van der Waals surface area contributed by atoms with Crippen molar-refractivity contribution in [1.29, 1.82) is 5.41 Å². The molecular weight excluding hydrogens is 761 g/mol. The van der Waals surface area contributed by atoms with Crippen molar-refractivity contribution in [3.8, 4) is 16.9 Å². The molecule has 0 saturated carbocycles. The number of ether oxygens (including phenoxy) is 3. The number of rotatable bonds is 15. The van der Waals surface area contributed by atoms with Crippen molar-refractivity contribution in [2.75, 3.05) is 19.5 Å². The maximum Gasteiger partial charge on any atom is 0.355 e. The normalized spacial score (nSPS) is 16.7. The summed E-state index contributed by atoms with van der Waals surface area (Å²) < 4.78 is 18.2. The number of β-lactam (4-membered cyclic amide) rings is 1. The molecule has 5 rings (SSSR count). The number of thioether (sulfide) groups is 1. The summed E-state index contributed by atoms with van der Waals surface area (Å²) in [4.78, 5) is 75.7. The van der Waals surface area contributed by atoms with Gasteiger partial charge in [0.2, 0.25) is 0 Å². The number of aromatic nitrogens is 1. The van der Waals surface area contributed by atoms with Crippen LogP contribution in [0.3, 0.4) is 0 Å². The number of carbonyl (C=O) groups excluding carboxylic acids is 5. The van der Waals surface area contributed by atoms with E-state index in [0.717, 1.165) is 21.6 Å². The summed E-state index contributed by atoms with van der Waals surface area (Å²) in [6, 6.07) is 13.5. The third kappa shape index (κ3) is 10.6. The Morgan fingerprint density at radius 3 is 2.50 bits per heavy atom. The Kier molecular flexibility index (Phi) is 13.7. The molecule has 2 aliphatic rings. The van der Waals surface area contributed by atoms with Crippen LogP contribution in [0.15, 0.2) is 87.7 Å². The largest absolute Gasteiger partial charge is 0.497 e. The predicted molar refractivity (Wildman–Crippen MR) is 209 cm³/mol. The number of hydrogen-bond acceptors (Lipinski definition) is 13. The Bertz CT molecular complexity index is 2110. The van der Waals surface area contributed by atoms with Crippen LogP contribution < -0.4 is 14.6 Å². The van der Waals surface area contributed by atoms with E-state index in [1.165, 1.54) is 34.1 Å². The van der Waals surface area contributed by atoms with Crippen LogP contribution >= 0.6 is 23.1 Å². The fourth-order valence-electron chi connectivity index (χ4n) is 5.58. The molecule has 4 heterocycles. The number of fused-ring (bicyclic) bond motifs is 1. The number of benzene rings is 1. The van der Waals surface area contributed by atoms with Crippen molar-refractivity contribution in [3.63, 3.8) is 0 Å². The number of esters is 2. The lowest BCUT2D eigenvalue weighted by Gasteiger charge is -2.49. The van der Waals surface area contributed by atoms with Crippen molar-refractivity contribution in [2.24, 2.45) is 10.1 Å². The lowest BCUT2D eigenvalue weighted by molar-refractivity contribution is -0.689. The van der Waals surface area contributed by atoms with Crippen molar-refractivity contribution < 1.29 is 47.6 Å². The van der Waals surface area contributed by atoms with Crippen LogP contribution in [0.25, 0.3) is 17.2 Å². The molecule has 2 atom stereocenters. The maximum absolute atomic E-state index is 13.9. The quantitative estimate of drug-likeness (QED) is 0.0552. The molecule has 0 radical (unpaired) electrons. The van der Waals surface area contributed by atoms with E-state index in [1.54, 1.807) is 71.2 Å². The van der Waals surface area contributed by atoms with Gasteiger partial charge in [0.1, 0.15) is 41.7 Å². The van der Waals surface area contributed by atoms with Gasteiger partial charge in [-0.3, -0.25) is 24.1 Å². The zero-order valence-corrected chi connectivity index (χ0v) is 33.0. The summed E-state index contributed by atoms with van der Waals surface area (Å²) in [7, 11) is 1.56. The summed E-state index contributed by atoms with van der Waals surface area (Å²) in [6.07, 6.45) is 6.15. The summed E-state index contributed by atoms with van der Waals surface area (Å²) >= 11 is 2.83. The lowest BCUT2D eigenvalue weighted by Crippen LogP contribution is -2.71. The highest BCUT2D eigenvalue weighted by Crippen LogP contribution is 2.41. The Labute approximate surface area is 331 Å². The Morgan fingerprint density at radius 1 is 1.11 bits per heavy atom. The van der Waals surface area contributed by atoms with Crippen LogP contribution in [-0.2, 0) is 51.4 Å². The average molecular weight is 802 g/mol. The van der Waals surface area contributed by atoms with Gasteiger partial charge in [-0.2, -0.15) is 0 Å². The van der Waals surface area contributed by atoms with Crippen molar-refractivity contribution in [2.45, 2.75) is 64.3 Å². The number of hydrogen-bond donors (Lipinski definition) is 2. The highest BCUT2D eigenvalue weighted by Gasteiger charge is 2.55. The molecular formula is C39H41N6O9S2+. The van der Waals surface area contributed by atoms with Crippen LogP contribution in [0.4, 0.5) is 0 Å². The molecule has 292 valence electrons. The third-order valence-electron chi connectivity index (χ3n) is 8.13. The SMILES string of the molecule is CCON=C(CC(=O)OC(C)(C)C)C(=O)NC1C(=O)N2C(C(=O)OCc3ccc(OC)cc3)=C(C[n+]3ccc(-c4csc(/C=C/C(=O)N=C=N)c4)cc3)CSC12. The number of pyridine rings is 1. The minimum Gasteiger partial charge on any atom is -0.497 e. The fraction of sp³-hybridized carbons (Fsp3) is 0.333. The Hall–Kier alpha value is -5.90. The summed E-state index contributed by atoms with van der Waals surface area (Å²) in [5.41, 5.74) is 2.28. The molecule has 0 spiro atoms. The van der Waals surface area contributed by atoms with Gasteiger partial charge in [0.25, 0.3) is 17.7 Å². The van der Waals surface area contributed by atoms with Gasteiger partial charge < -0.3 is 24.4 Å². The van der Waals surface area contributed by atoms with Gasteiger partial charge in [-0.05, 0) is 74.0 Å². The molecule has 0 aliphatic carbocycles. The van der Waals surface area contributed by atoms with E-state index in [2.05, 4.69) is 15.5 Å². The van der Waals surface area contributed by atoms with Crippen LogP contribution in [-0.4, -0.2) is 82.8 Å². The van der Waals surface area contributed by atoms with Gasteiger partial charge in [-0.1, -0.05) is 17.3 Å². The number of nitrogens with one attached hydrogen (secondary N) is 2. The first-order valence-corrected chi connectivity index (χ1v) is 19.3. The second-order valence-electron chi connectivity index (χ2n) is 13.3. The van der Waals surface area contributed by atoms with E-state index in [0.29, 0.717) is 17.1 Å². The number of thiophene rings is 1. The molecule has 3 aromatic rings. The van der Waals surface area contributed by atoms with Crippen LogP contribution in [0.2, 0.25) is 0 Å². The van der Waals surface area contributed by atoms with Crippen molar-refractivity contribution in [1.82, 2.24) is 10.2 Å². The number of amides is 3. The average Bonchev–Trinajstić information content (AvgIpc) is 3.65. The third-order valence-corrected chi connectivity index (χ3v) is 10.4. The molecule has 1 saturated heterocycles. The molecule has 3 amide bonds. The zero-order valence-electron chi connectivity index (χ0n) is 31.4. The van der Waals surface area contributed by atoms with Gasteiger partial charge >= 0.3 is 11.9 Å². The zero-order chi connectivity index (χ0) is 40.4. The van der Waals surface area contributed by atoms with Gasteiger partial charge in [0.05, 0.1) is 19.5 Å². The van der Waals surface area contributed by atoms with Crippen molar-refractivity contribution >= 4 is 70.6 Å². The summed E-state index contributed by atoms with van der Waals surface area (Å²) in [6.45, 7) is 7.14. The van der Waals surface area contributed by atoms with Crippen LogP contribution in [0.5, 0.6) is 5.75 Å². The number of nitrogens with zero attached hydrogens (tertiary/aromatic N) is 4. The van der Waals surface area contributed by atoms with E-state index in [-0.39, 0.29) is 31.2 Å². The molecule has 1 aromatic carbocycles. The molecule has 2 N–H and O–H groups in total. The Morgan fingerprint density at radius 2 is 1.84 bits per heavy atom. The van der Waals surface area contributed by atoms with E-state index >= 15 is 0 Å². The van der Waals surface area contributed by atoms with Crippen LogP contribution in [0.1, 0.15) is 44.6 Å². The van der Waals surface area contributed by atoms with Crippen molar-refractivity contribution in [3.05, 3.63) is 88.0 Å². The fourth-order valence-corrected chi connectivity index (χ4v) is 7.72. The number of aliphatic imine (C=N–C) groups is 1. The molecule has 56 heavy (non-hydrogen) atoms. The van der Waals surface area contributed by atoms with E-state index in [1.807, 2.05) is 40.5 Å². The molecule has 2 aromatic heterocycles. The molecule has 2 unspecified atom stereocenters. The van der Waals surface area contributed by atoms with E-state index in [4.69, 9.17) is 24.5 Å². The van der Waals surface area contributed by atoms with Gasteiger partial charge in [0, 0.05) is 34.4 Å². The topological polar surface area (TPSA) is 190 Å². The second-order valence-corrected chi connectivity index (χ2v) is 15.4. The highest BCUT2D eigenvalue weighted by molar-refractivity contribution is 8.00. The monoisotopic (exact) mass is 801 g/mol. The molecule has 0 bridgehead atoms. The van der Waals surface area contributed by atoms with E-state index in [9.17, 15) is 24.0 Å². The smallest absolute Gasteiger partial charge is 0.355 e. The first-order valence-electron chi connectivity index (χ1n) is 17.4. The van der Waals surface area contributed by atoms with Gasteiger partial charge in [0.15, 0.2) is 24.7 Å². The second kappa shape index (κ2) is 18.6.